The molecule has 3 rings (SSSR count). The molecule has 1 aromatic heterocycles. The Morgan fingerprint density at radius 3 is 2.41 bits per heavy atom. The van der Waals surface area contributed by atoms with Crippen LogP contribution in [0, 0.1) is 0 Å². The van der Waals surface area contributed by atoms with E-state index in [4.69, 9.17) is 4.42 Å². The van der Waals surface area contributed by atoms with E-state index < -0.39 is 21.8 Å². The molecule has 0 spiro atoms. The normalized spacial score (nSPS) is 12.0. The van der Waals surface area contributed by atoms with Crippen LogP contribution in [0.25, 0.3) is 22.1 Å². The summed E-state index contributed by atoms with van der Waals surface area (Å²) in [5.41, 5.74) is 0.123. The van der Waals surface area contributed by atoms with Gasteiger partial charge in [0.05, 0.1) is 0 Å². The van der Waals surface area contributed by atoms with Gasteiger partial charge in [0.15, 0.2) is 0 Å². The van der Waals surface area contributed by atoms with Gasteiger partial charge in [0.25, 0.3) is 0 Å². The third kappa shape index (κ3) is 5.47. The second-order valence-electron chi connectivity index (χ2n) is 6.66. The first-order chi connectivity index (χ1) is 13.5. The molecule has 0 amide bonds. The molecule has 140 valence electrons. The van der Waals surface area contributed by atoms with Crippen LogP contribution in [0.15, 0.2) is 55.9 Å². The summed E-state index contributed by atoms with van der Waals surface area (Å²) in [6.07, 6.45) is 0. The van der Waals surface area contributed by atoms with Crippen LogP contribution in [-0.4, -0.2) is 87.9 Å². The Labute approximate surface area is 201 Å². The second kappa shape index (κ2) is 8.86. The van der Waals surface area contributed by atoms with Gasteiger partial charge in [-0.25, -0.2) is 0 Å². The molecule has 3 aromatic rings. The predicted octanol–water partition coefficient (Wildman–Crippen LogP) is 0.789. The minimum atomic E-state index is -4.93. The summed E-state index contributed by atoms with van der Waals surface area (Å²) in [4.78, 5) is 13.2. The van der Waals surface area contributed by atoms with Crippen molar-refractivity contribution in [2.75, 3.05) is 14.1 Å². The summed E-state index contributed by atoms with van der Waals surface area (Å²) in [5, 5.41) is 9.85. The Bertz CT molecular complexity index is 1290. The molecule has 0 bridgehead atoms. The van der Waals surface area contributed by atoms with Crippen molar-refractivity contribution in [2.45, 2.75) is 0 Å². The molecule has 0 aliphatic rings. The van der Waals surface area contributed by atoms with Crippen molar-refractivity contribution in [1.29, 1.82) is 0 Å². The average Bonchev–Trinajstić information content (AvgIpc) is 2.59. The Hall–Kier alpha value is -1.24. The first-order valence-corrected chi connectivity index (χ1v) is 11.9. The summed E-state index contributed by atoms with van der Waals surface area (Å²) >= 11 is 1.43. The van der Waals surface area contributed by atoms with Crippen molar-refractivity contribution >= 4 is 88.5 Å². The number of fused-ring (bicyclic) bond motifs is 1. The summed E-state index contributed by atoms with van der Waals surface area (Å²) < 4.78 is 44.1. The van der Waals surface area contributed by atoms with E-state index in [2.05, 4.69) is 14.5 Å². The summed E-state index contributed by atoms with van der Waals surface area (Å²) in [7, 11) is -1.55. The van der Waals surface area contributed by atoms with Crippen LogP contribution in [0.1, 0.15) is 0 Å². The predicted molar refractivity (Wildman–Crippen MR) is 109 cm³/mol. The van der Waals surface area contributed by atoms with E-state index in [0.29, 0.717) is 33.6 Å². The molecule has 0 saturated carbocycles. The molecule has 2 aromatic carbocycles. The molecule has 0 atom stereocenters. The molecular weight excluding hydrogens is 420 g/mol. The molecule has 1 heterocycles. The van der Waals surface area contributed by atoms with Gasteiger partial charge in [0, 0.05) is 0 Å². The Kier molecular flexibility index (Phi) is 6.86. The van der Waals surface area contributed by atoms with E-state index in [1.54, 1.807) is 50.5 Å². The van der Waals surface area contributed by atoms with Crippen LogP contribution < -0.4 is 15.2 Å². The molecule has 29 heavy (non-hydrogen) atoms. The zero-order chi connectivity index (χ0) is 21.3. The average molecular weight is 433 g/mol. The van der Waals surface area contributed by atoms with E-state index in [-0.39, 0.29) is 22.1 Å². The maximum atomic E-state index is 13.2. The van der Waals surface area contributed by atoms with Gasteiger partial charge in [-0.2, -0.15) is 0 Å². The van der Waals surface area contributed by atoms with Crippen LogP contribution in [0.5, 0.6) is 5.95 Å². The Balaban J connectivity index is 2.39. The SMILES string of the molecule is CN(C)N=Nc1c[c]([Na])ccc1-c1c(OS(=O)(=O)O)oc2c[c]([Na])ccc2c1=O. The van der Waals surface area contributed by atoms with Crippen LogP contribution in [0.4, 0.5) is 5.69 Å². The van der Waals surface area contributed by atoms with Crippen LogP contribution in [0.2, 0.25) is 0 Å². The van der Waals surface area contributed by atoms with Gasteiger partial charge in [-0.3, -0.25) is 0 Å². The molecule has 0 radical (unpaired) electrons. The number of hydrogen-bond acceptors (Lipinski definition) is 7. The van der Waals surface area contributed by atoms with Gasteiger partial charge in [-0.05, 0) is 0 Å². The van der Waals surface area contributed by atoms with Gasteiger partial charge in [-0.15, -0.1) is 0 Å². The van der Waals surface area contributed by atoms with Crippen molar-refractivity contribution < 1.29 is 21.6 Å². The van der Waals surface area contributed by atoms with E-state index in [1.807, 2.05) is 0 Å². The first kappa shape index (κ1) is 22.4. The van der Waals surface area contributed by atoms with E-state index in [1.165, 1.54) is 5.01 Å². The van der Waals surface area contributed by atoms with Crippen molar-refractivity contribution in [3.63, 3.8) is 0 Å². The topological polar surface area (TPSA) is 122 Å². The molecular formula is C17H13N3Na2O6S. The summed E-state index contributed by atoms with van der Waals surface area (Å²) in [6.45, 7) is 0. The van der Waals surface area contributed by atoms with Crippen molar-refractivity contribution in [3.05, 3.63) is 46.6 Å². The van der Waals surface area contributed by atoms with Gasteiger partial charge in [0.2, 0.25) is 0 Å². The number of nitrogens with zero attached hydrogens (tertiary/aromatic N) is 3. The van der Waals surface area contributed by atoms with Gasteiger partial charge in [-0.1, -0.05) is 0 Å². The van der Waals surface area contributed by atoms with Crippen molar-refractivity contribution in [2.24, 2.45) is 10.3 Å². The number of rotatable bonds is 5. The molecule has 12 heteroatoms. The van der Waals surface area contributed by atoms with Gasteiger partial charge >= 0.3 is 203 Å². The third-order valence-corrected chi connectivity index (χ3v) is 5.56. The molecule has 0 fully saturated rings. The Morgan fingerprint density at radius 2 is 1.76 bits per heavy atom. The zero-order valence-electron chi connectivity index (χ0n) is 16.2. The summed E-state index contributed by atoms with van der Waals surface area (Å²) in [6, 6.07) is 10.2. The quantitative estimate of drug-likeness (QED) is 0.273. The minimum absolute atomic E-state index is 0.161. The van der Waals surface area contributed by atoms with E-state index in [9.17, 15) is 17.8 Å². The van der Waals surface area contributed by atoms with E-state index >= 15 is 0 Å². The standard InChI is InChI=1S/C17H13N3O6S.2Na/c1-20(2)19-18-13-9-5-3-7-11(13)15-16(21)12-8-4-6-10-14(12)25-17(15)26-27(22,23)24;;/h3-4,7-10H,1-2H3,(H,22,23,24);;. The molecule has 9 nitrogen and oxygen atoms in total. The second-order valence-corrected chi connectivity index (χ2v) is 9.99. The van der Waals surface area contributed by atoms with Crippen LogP contribution in [0.3, 0.4) is 0 Å². The monoisotopic (exact) mass is 433 g/mol. The number of benzene rings is 2. The molecule has 0 aliphatic carbocycles. The summed E-state index contributed by atoms with van der Waals surface area (Å²) in [5.74, 6) is -0.625. The van der Waals surface area contributed by atoms with Gasteiger partial charge in [0.1, 0.15) is 0 Å². The molecule has 0 saturated heterocycles. The van der Waals surface area contributed by atoms with Crippen molar-refractivity contribution in [1.82, 2.24) is 5.01 Å². The van der Waals surface area contributed by atoms with Crippen LogP contribution >= 0.6 is 0 Å². The fourth-order valence-corrected chi connectivity index (χ4v) is 3.92. The van der Waals surface area contributed by atoms with Gasteiger partial charge < -0.3 is 0 Å². The Morgan fingerprint density at radius 1 is 1.10 bits per heavy atom. The molecule has 0 aliphatic heterocycles. The number of hydrogen-bond donors (Lipinski definition) is 1. The van der Waals surface area contributed by atoms with Crippen molar-refractivity contribution in [3.8, 4) is 17.1 Å². The third-order valence-electron chi connectivity index (χ3n) is 3.95. The fraction of sp³-hybridized carbons (Fsp3) is 0.118. The molecule has 1 N–H and O–H groups in total. The fourth-order valence-electron chi connectivity index (χ4n) is 2.74. The zero-order valence-corrected chi connectivity index (χ0v) is 21.0. The maximum absolute atomic E-state index is 13.2. The van der Waals surface area contributed by atoms with E-state index in [0.717, 1.165) is 33.6 Å². The molecule has 0 unspecified atom stereocenters. The first-order valence-electron chi connectivity index (χ1n) is 8.49. The van der Waals surface area contributed by atoms with Crippen LogP contribution in [-0.2, 0) is 10.4 Å².